The summed E-state index contributed by atoms with van der Waals surface area (Å²) in [4.78, 5) is 0. The molecule has 0 aliphatic rings. The Morgan fingerprint density at radius 1 is 1.33 bits per heavy atom. The molecule has 0 amide bonds. The van der Waals surface area contributed by atoms with Crippen molar-refractivity contribution in [3.8, 4) is 0 Å². The smallest absolute Gasteiger partial charge is 0.00261 e. The largest absolute Gasteiger partial charge is 0.300 e. The predicted octanol–water partition coefficient (Wildman–Crippen LogP) is 2.83. The standard InChI is InChI=1S/C10H18NP/c1-3-5-7-10(6-4-2)8-9-11-12/h3-7,11H,8-9,12H2,1-2H3/b5-3-,6-4-,10-7+. The first-order valence-corrected chi connectivity index (χ1v) is 4.81. The molecule has 0 saturated heterocycles. The van der Waals surface area contributed by atoms with Gasteiger partial charge in [0.25, 0.3) is 0 Å². The van der Waals surface area contributed by atoms with Crippen molar-refractivity contribution in [1.29, 1.82) is 0 Å². The van der Waals surface area contributed by atoms with Gasteiger partial charge in [-0.05, 0) is 25.8 Å². The maximum Gasteiger partial charge on any atom is 0.00261 e. The Morgan fingerprint density at radius 2 is 2.08 bits per heavy atom. The fourth-order valence-corrected chi connectivity index (χ4v) is 1.02. The molecule has 0 bridgehead atoms. The van der Waals surface area contributed by atoms with Crippen molar-refractivity contribution in [1.82, 2.24) is 5.09 Å². The van der Waals surface area contributed by atoms with Gasteiger partial charge in [0.05, 0.1) is 0 Å². The molecular formula is C10H18NP. The van der Waals surface area contributed by atoms with Crippen molar-refractivity contribution in [2.75, 3.05) is 6.54 Å². The first-order chi connectivity index (χ1) is 5.85. The van der Waals surface area contributed by atoms with Gasteiger partial charge in [-0.2, -0.15) is 0 Å². The van der Waals surface area contributed by atoms with Crippen LogP contribution in [0.5, 0.6) is 0 Å². The Labute approximate surface area is 77.9 Å². The van der Waals surface area contributed by atoms with Crippen LogP contribution in [0.15, 0.2) is 36.0 Å². The molecule has 2 heteroatoms. The molecule has 1 N–H and O–H groups in total. The highest BCUT2D eigenvalue weighted by molar-refractivity contribution is 7.13. The van der Waals surface area contributed by atoms with E-state index in [1.165, 1.54) is 5.57 Å². The summed E-state index contributed by atoms with van der Waals surface area (Å²) in [7, 11) is 2.51. The summed E-state index contributed by atoms with van der Waals surface area (Å²) in [5, 5.41) is 3.05. The molecule has 0 aromatic heterocycles. The van der Waals surface area contributed by atoms with Gasteiger partial charge in [0.15, 0.2) is 0 Å². The summed E-state index contributed by atoms with van der Waals surface area (Å²) in [5.41, 5.74) is 1.35. The lowest BCUT2D eigenvalue weighted by atomic mass is 10.1. The zero-order chi connectivity index (χ0) is 9.23. The van der Waals surface area contributed by atoms with Crippen LogP contribution in [0, 0.1) is 0 Å². The second-order valence-corrected chi connectivity index (χ2v) is 2.88. The average molecular weight is 183 g/mol. The zero-order valence-corrected chi connectivity index (χ0v) is 9.03. The minimum Gasteiger partial charge on any atom is -0.300 e. The lowest BCUT2D eigenvalue weighted by Crippen LogP contribution is -2.00. The van der Waals surface area contributed by atoms with E-state index < -0.39 is 0 Å². The third-order valence-electron chi connectivity index (χ3n) is 1.44. The highest BCUT2D eigenvalue weighted by Gasteiger charge is 1.88. The van der Waals surface area contributed by atoms with Crippen LogP contribution in [0.4, 0.5) is 0 Å². The summed E-state index contributed by atoms with van der Waals surface area (Å²) in [6.07, 6.45) is 11.5. The molecule has 12 heavy (non-hydrogen) atoms. The molecule has 1 nitrogen and oxygen atoms in total. The van der Waals surface area contributed by atoms with Crippen LogP contribution in [0.2, 0.25) is 0 Å². The van der Waals surface area contributed by atoms with Gasteiger partial charge in [0.2, 0.25) is 0 Å². The van der Waals surface area contributed by atoms with E-state index >= 15 is 0 Å². The quantitative estimate of drug-likeness (QED) is 0.510. The fraction of sp³-hybridized carbons (Fsp3) is 0.400. The Bertz CT molecular complexity index is 180. The van der Waals surface area contributed by atoms with Gasteiger partial charge in [-0.15, -0.1) is 0 Å². The molecule has 0 radical (unpaired) electrons. The molecule has 0 rings (SSSR count). The monoisotopic (exact) mass is 183 g/mol. The second-order valence-electron chi connectivity index (χ2n) is 2.47. The van der Waals surface area contributed by atoms with Crippen LogP contribution >= 0.6 is 9.39 Å². The van der Waals surface area contributed by atoms with E-state index in [1.807, 2.05) is 19.9 Å². The molecule has 1 unspecified atom stereocenters. The van der Waals surface area contributed by atoms with Gasteiger partial charge in [-0.1, -0.05) is 39.8 Å². The number of nitrogens with one attached hydrogen (secondary N) is 1. The van der Waals surface area contributed by atoms with Crippen molar-refractivity contribution >= 4 is 9.39 Å². The summed E-state index contributed by atoms with van der Waals surface area (Å²) in [6, 6.07) is 0. The van der Waals surface area contributed by atoms with Crippen LogP contribution in [-0.2, 0) is 0 Å². The van der Waals surface area contributed by atoms with Gasteiger partial charge >= 0.3 is 0 Å². The maximum absolute atomic E-state index is 3.05. The zero-order valence-electron chi connectivity index (χ0n) is 7.88. The molecule has 0 saturated carbocycles. The molecule has 0 aliphatic heterocycles. The topological polar surface area (TPSA) is 12.0 Å². The van der Waals surface area contributed by atoms with E-state index in [-0.39, 0.29) is 0 Å². The van der Waals surface area contributed by atoms with Gasteiger partial charge in [-0.3, -0.25) is 0 Å². The van der Waals surface area contributed by atoms with Crippen LogP contribution in [-0.4, -0.2) is 6.54 Å². The Morgan fingerprint density at radius 3 is 2.58 bits per heavy atom. The SMILES string of the molecule is C\C=C/C=C(\C=C/C)CCNP. The van der Waals surface area contributed by atoms with Crippen molar-refractivity contribution in [2.45, 2.75) is 20.3 Å². The van der Waals surface area contributed by atoms with E-state index in [9.17, 15) is 0 Å². The predicted molar refractivity (Wildman–Crippen MR) is 60.0 cm³/mol. The van der Waals surface area contributed by atoms with Gasteiger partial charge in [-0.25, -0.2) is 0 Å². The Hall–Kier alpha value is -0.390. The fourth-order valence-electron chi connectivity index (χ4n) is 0.873. The number of rotatable bonds is 5. The first-order valence-electron chi connectivity index (χ1n) is 4.23. The molecule has 0 spiro atoms. The minimum absolute atomic E-state index is 0.998. The Balaban J connectivity index is 4.02. The van der Waals surface area contributed by atoms with E-state index in [0.29, 0.717) is 0 Å². The highest BCUT2D eigenvalue weighted by atomic mass is 31.0. The number of allylic oxidation sites excluding steroid dienone is 5. The third kappa shape index (κ3) is 6.33. The third-order valence-corrected chi connectivity index (χ3v) is 1.73. The summed E-state index contributed by atoms with van der Waals surface area (Å²) < 4.78 is 0. The van der Waals surface area contributed by atoms with Crippen molar-refractivity contribution < 1.29 is 0 Å². The average Bonchev–Trinajstić information content (AvgIpc) is 2.10. The lowest BCUT2D eigenvalue weighted by Gasteiger charge is -1.99. The lowest BCUT2D eigenvalue weighted by molar-refractivity contribution is 0.912. The number of hydrogen-bond acceptors (Lipinski definition) is 1. The van der Waals surface area contributed by atoms with E-state index in [2.05, 4.69) is 38.8 Å². The highest BCUT2D eigenvalue weighted by Crippen LogP contribution is 2.03. The summed E-state index contributed by atoms with van der Waals surface area (Å²) in [6.45, 7) is 5.06. The maximum atomic E-state index is 3.05. The van der Waals surface area contributed by atoms with Crippen LogP contribution in [0.1, 0.15) is 20.3 Å². The molecule has 0 aromatic rings. The molecular weight excluding hydrogens is 165 g/mol. The molecule has 0 fully saturated rings. The van der Waals surface area contributed by atoms with E-state index in [0.717, 1.165) is 13.0 Å². The molecule has 1 atom stereocenters. The van der Waals surface area contributed by atoms with Crippen molar-refractivity contribution in [3.63, 3.8) is 0 Å². The van der Waals surface area contributed by atoms with Crippen LogP contribution in [0.3, 0.4) is 0 Å². The van der Waals surface area contributed by atoms with Crippen molar-refractivity contribution in [2.24, 2.45) is 0 Å². The van der Waals surface area contributed by atoms with Crippen LogP contribution < -0.4 is 5.09 Å². The minimum atomic E-state index is 0.998. The number of hydrogen-bond donors (Lipinski definition) is 1. The second kappa shape index (κ2) is 8.70. The van der Waals surface area contributed by atoms with E-state index in [1.54, 1.807) is 0 Å². The van der Waals surface area contributed by atoms with Gasteiger partial charge in [0, 0.05) is 6.54 Å². The van der Waals surface area contributed by atoms with Crippen molar-refractivity contribution in [3.05, 3.63) is 36.0 Å². The molecule has 0 aromatic carbocycles. The van der Waals surface area contributed by atoms with Gasteiger partial charge < -0.3 is 5.09 Å². The van der Waals surface area contributed by atoms with E-state index in [4.69, 9.17) is 0 Å². The first kappa shape index (κ1) is 11.6. The van der Waals surface area contributed by atoms with Crippen LogP contribution in [0.25, 0.3) is 0 Å². The molecule has 0 heterocycles. The van der Waals surface area contributed by atoms with Gasteiger partial charge in [0.1, 0.15) is 0 Å². The summed E-state index contributed by atoms with van der Waals surface area (Å²) >= 11 is 0. The molecule has 68 valence electrons. The molecule has 0 aliphatic carbocycles. The normalized spacial score (nSPS) is 13.4. The Kier molecular flexibility index (Phi) is 8.42. The summed E-state index contributed by atoms with van der Waals surface area (Å²) in [5.74, 6) is 0.